The predicted octanol–water partition coefficient (Wildman–Crippen LogP) is 4.45. The highest BCUT2D eigenvalue weighted by atomic mass is 16.5. The number of ether oxygens (including phenoxy) is 1. The lowest BCUT2D eigenvalue weighted by Gasteiger charge is -2.23. The Bertz CT molecular complexity index is 1160. The van der Waals surface area contributed by atoms with Gasteiger partial charge in [0.05, 0.1) is 23.4 Å². The molecule has 36 heavy (non-hydrogen) atoms. The molecule has 0 unspecified atom stereocenters. The molecule has 1 saturated carbocycles. The molecule has 2 saturated heterocycles. The Morgan fingerprint density at radius 2 is 1.47 bits per heavy atom. The van der Waals surface area contributed by atoms with E-state index in [9.17, 15) is 19.2 Å². The fraction of sp³-hybridized carbons (Fsp3) is 0.448. The topological polar surface area (TPSA) is 84.0 Å². The van der Waals surface area contributed by atoms with Crippen molar-refractivity contribution in [3.05, 3.63) is 53.6 Å². The van der Waals surface area contributed by atoms with E-state index >= 15 is 0 Å². The number of aryl methyl sites for hydroxylation is 2. The minimum atomic E-state index is -0.559. The fourth-order valence-corrected chi connectivity index (χ4v) is 5.92. The zero-order valence-corrected chi connectivity index (χ0v) is 20.9. The molecular weight excluding hydrogens is 456 g/mol. The molecule has 2 heterocycles. The van der Waals surface area contributed by atoms with Gasteiger partial charge in [0.25, 0.3) is 0 Å². The van der Waals surface area contributed by atoms with Crippen molar-refractivity contribution in [1.29, 1.82) is 0 Å². The van der Waals surface area contributed by atoms with Crippen LogP contribution in [0.25, 0.3) is 0 Å². The Kier molecular flexibility index (Phi) is 6.65. The number of fused-ring (bicyclic) bond motifs is 1. The van der Waals surface area contributed by atoms with E-state index in [4.69, 9.17) is 4.74 Å². The van der Waals surface area contributed by atoms with Crippen LogP contribution in [-0.4, -0.2) is 30.2 Å². The molecule has 5 rings (SSSR count). The Morgan fingerprint density at radius 3 is 2.03 bits per heavy atom. The van der Waals surface area contributed by atoms with Crippen molar-refractivity contribution in [3.8, 4) is 5.75 Å². The number of carbonyl (C=O) groups is 4. The summed E-state index contributed by atoms with van der Waals surface area (Å²) >= 11 is 0. The van der Waals surface area contributed by atoms with Crippen LogP contribution in [0.5, 0.6) is 5.75 Å². The van der Waals surface area contributed by atoms with Gasteiger partial charge in [0.15, 0.2) is 0 Å². The maximum atomic E-state index is 12.9. The summed E-state index contributed by atoms with van der Waals surface area (Å²) in [4.78, 5) is 54.5. The number of amides is 3. The first kappa shape index (κ1) is 24.2. The minimum Gasteiger partial charge on any atom is -0.426 e. The summed E-state index contributed by atoms with van der Waals surface area (Å²) in [6.07, 6.45) is 5.21. The Labute approximate surface area is 211 Å². The van der Waals surface area contributed by atoms with E-state index in [1.165, 1.54) is 4.90 Å². The molecule has 0 spiro atoms. The number of esters is 1. The second kappa shape index (κ2) is 9.88. The van der Waals surface area contributed by atoms with Crippen LogP contribution in [0, 0.1) is 17.8 Å². The van der Waals surface area contributed by atoms with Gasteiger partial charge in [-0.3, -0.25) is 24.1 Å². The average Bonchev–Trinajstić information content (AvgIpc) is 3.41. The summed E-state index contributed by atoms with van der Waals surface area (Å²) in [5, 5.41) is 0. The number of hydrogen-bond donors (Lipinski definition) is 0. The third kappa shape index (κ3) is 4.21. The molecule has 2 aliphatic heterocycles. The van der Waals surface area contributed by atoms with Crippen molar-refractivity contribution in [2.24, 2.45) is 17.8 Å². The maximum absolute atomic E-state index is 12.9. The summed E-state index contributed by atoms with van der Waals surface area (Å²) in [6, 6.07) is 12.6. The molecule has 2 aromatic rings. The Morgan fingerprint density at radius 1 is 0.889 bits per heavy atom. The standard InChI is InChI=1S/C29H32N2O5/c1-3-18-8-7-9-19(4-2)26(18)30-17-20(16-25(30)32)29(35)36-22-14-12-21(13-15-22)31-27(33)23-10-5-6-11-24(23)28(31)34/h7-9,12-15,20,23-24H,3-6,10-11,16-17H2,1-2H3/t20-,23+,24+/m1/s1. The van der Waals surface area contributed by atoms with Gasteiger partial charge in [0.1, 0.15) is 5.75 Å². The quantitative estimate of drug-likeness (QED) is 0.341. The summed E-state index contributed by atoms with van der Waals surface area (Å²) in [7, 11) is 0. The Balaban J connectivity index is 1.27. The van der Waals surface area contributed by atoms with Crippen molar-refractivity contribution < 1.29 is 23.9 Å². The highest BCUT2D eigenvalue weighted by Crippen LogP contribution is 2.40. The molecule has 2 aromatic carbocycles. The number of hydrogen-bond acceptors (Lipinski definition) is 5. The fourth-order valence-electron chi connectivity index (χ4n) is 5.92. The molecule has 1 aliphatic carbocycles. The van der Waals surface area contributed by atoms with Gasteiger partial charge in [-0.05, 0) is 61.1 Å². The predicted molar refractivity (Wildman–Crippen MR) is 136 cm³/mol. The van der Waals surface area contributed by atoms with Gasteiger partial charge in [0.2, 0.25) is 17.7 Å². The number of imide groups is 1. The highest BCUT2D eigenvalue weighted by Gasteiger charge is 2.48. The van der Waals surface area contributed by atoms with Crippen LogP contribution >= 0.6 is 0 Å². The van der Waals surface area contributed by atoms with E-state index in [1.54, 1.807) is 29.2 Å². The molecule has 3 atom stereocenters. The lowest BCUT2D eigenvalue weighted by molar-refractivity contribution is -0.139. The van der Waals surface area contributed by atoms with E-state index < -0.39 is 11.9 Å². The SMILES string of the molecule is CCc1cccc(CC)c1N1C[C@H](C(=O)Oc2ccc(N3C(=O)[C@H]4CCCC[C@@H]4C3=O)cc2)CC1=O. The van der Waals surface area contributed by atoms with Crippen molar-refractivity contribution in [2.75, 3.05) is 16.3 Å². The van der Waals surface area contributed by atoms with Crippen LogP contribution in [0.3, 0.4) is 0 Å². The van der Waals surface area contributed by atoms with Gasteiger partial charge >= 0.3 is 5.97 Å². The third-order valence-corrected chi connectivity index (χ3v) is 7.85. The van der Waals surface area contributed by atoms with E-state index in [0.717, 1.165) is 55.3 Å². The van der Waals surface area contributed by atoms with Crippen LogP contribution in [0.2, 0.25) is 0 Å². The molecule has 188 valence electrons. The van der Waals surface area contributed by atoms with E-state index in [-0.39, 0.29) is 36.0 Å². The zero-order chi connectivity index (χ0) is 25.4. The molecule has 0 N–H and O–H groups in total. The van der Waals surface area contributed by atoms with E-state index in [1.807, 2.05) is 18.2 Å². The first-order valence-corrected chi connectivity index (χ1v) is 13.0. The van der Waals surface area contributed by atoms with Gasteiger partial charge < -0.3 is 9.64 Å². The van der Waals surface area contributed by atoms with Crippen LogP contribution in [0.15, 0.2) is 42.5 Å². The zero-order valence-electron chi connectivity index (χ0n) is 20.9. The van der Waals surface area contributed by atoms with E-state index in [2.05, 4.69) is 13.8 Å². The minimum absolute atomic E-state index is 0.0737. The Hall–Kier alpha value is -3.48. The van der Waals surface area contributed by atoms with Crippen LogP contribution in [0.4, 0.5) is 11.4 Å². The summed E-state index contributed by atoms with van der Waals surface area (Å²) in [5.41, 5.74) is 3.62. The first-order valence-electron chi connectivity index (χ1n) is 13.0. The smallest absolute Gasteiger partial charge is 0.316 e. The summed E-state index contributed by atoms with van der Waals surface area (Å²) in [6.45, 7) is 4.41. The highest BCUT2D eigenvalue weighted by molar-refractivity contribution is 6.22. The molecule has 0 radical (unpaired) electrons. The van der Waals surface area contributed by atoms with Crippen LogP contribution < -0.4 is 14.5 Å². The molecule has 3 amide bonds. The first-order chi connectivity index (χ1) is 17.4. The van der Waals surface area contributed by atoms with Crippen molar-refractivity contribution >= 4 is 35.1 Å². The number of benzene rings is 2. The lowest BCUT2D eigenvalue weighted by Crippen LogP contribution is -2.30. The van der Waals surface area contributed by atoms with Gasteiger partial charge in [0, 0.05) is 18.7 Å². The molecule has 7 heteroatoms. The molecule has 3 fully saturated rings. The number of nitrogens with zero attached hydrogens (tertiary/aromatic N) is 2. The summed E-state index contributed by atoms with van der Waals surface area (Å²) < 4.78 is 5.60. The van der Waals surface area contributed by atoms with Crippen molar-refractivity contribution in [3.63, 3.8) is 0 Å². The number of para-hydroxylation sites is 1. The average molecular weight is 489 g/mol. The van der Waals surface area contributed by atoms with Gasteiger partial charge in [-0.2, -0.15) is 0 Å². The van der Waals surface area contributed by atoms with E-state index in [0.29, 0.717) is 18.0 Å². The van der Waals surface area contributed by atoms with Crippen LogP contribution in [-0.2, 0) is 32.0 Å². The normalized spacial score (nSPS) is 23.8. The number of carbonyl (C=O) groups excluding carboxylic acids is 4. The van der Waals surface area contributed by atoms with Gasteiger partial charge in [-0.1, -0.05) is 44.9 Å². The third-order valence-electron chi connectivity index (χ3n) is 7.85. The lowest BCUT2D eigenvalue weighted by atomic mass is 9.81. The summed E-state index contributed by atoms with van der Waals surface area (Å²) in [5.74, 6) is -1.43. The maximum Gasteiger partial charge on any atom is 0.316 e. The second-order valence-electron chi connectivity index (χ2n) is 9.96. The van der Waals surface area contributed by atoms with Crippen molar-refractivity contribution in [1.82, 2.24) is 0 Å². The molecular formula is C29H32N2O5. The number of anilines is 2. The van der Waals surface area contributed by atoms with Crippen molar-refractivity contribution in [2.45, 2.75) is 58.8 Å². The number of rotatable bonds is 6. The monoisotopic (exact) mass is 488 g/mol. The van der Waals surface area contributed by atoms with Crippen LogP contribution in [0.1, 0.15) is 57.1 Å². The molecule has 0 bridgehead atoms. The largest absolute Gasteiger partial charge is 0.426 e. The molecule has 0 aromatic heterocycles. The molecule has 7 nitrogen and oxygen atoms in total. The second-order valence-corrected chi connectivity index (χ2v) is 9.96. The van der Waals surface area contributed by atoms with Gasteiger partial charge in [-0.25, -0.2) is 0 Å². The van der Waals surface area contributed by atoms with Gasteiger partial charge in [-0.15, -0.1) is 0 Å². The molecule has 3 aliphatic rings.